The monoisotopic (exact) mass is 406 g/mol. The van der Waals surface area contributed by atoms with Gasteiger partial charge >= 0.3 is 5.97 Å². The van der Waals surface area contributed by atoms with Crippen LogP contribution in [0.4, 0.5) is 4.39 Å². The van der Waals surface area contributed by atoms with Gasteiger partial charge in [-0.3, -0.25) is 9.59 Å². The Bertz CT molecular complexity index is 971. The molecule has 0 spiro atoms. The first-order chi connectivity index (χ1) is 13.2. The lowest BCUT2D eigenvalue weighted by molar-refractivity contribution is -0.145. The fourth-order valence-electron chi connectivity index (χ4n) is 2.28. The SMILES string of the molecule is NC(=O)c1ccccc1F.O=C(O)C1CN(S(=O)(=O)C=Cc2ccccc2)C1. The quantitative estimate of drug-likeness (QED) is 0.787. The highest BCUT2D eigenvalue weighted by Gasteiger charge is 2.38. The van der Waals surface area contributed by atoms with Crippen LogP contribution in [0.2, 0.25) is 0 Å². The Morgan fingerprint density at radius 2 is 1.64 bits per heavy atom. The van der Waals surface area contributed by atoms with Crippen molar-refractivity contribution in [2.45, 2.75) is 0 Å². The van der Waals surface area contributed by atoms with Gasteiger partial charge in [-0.1, -0.05) is 42.5 Å². The van der Waals surface area contributed by atoms with Gasteiger partial charge in [0.2, 0.25) is 10.0 Å². The minimum Gasteiger partial charge on any atom is -0.481 e. The molecule has 0 saturated carbocycles. The molecule has 2 aromatic rings. The summed E-state index contributed by atoms with van der Waals surface area (Å²) in [6, 6.07) is 14.7. The minimum absolute atomic E-state index is 0.0524. The van der Waals surface area contributed by atoms with Gasteiger partial charge in [0.25, 0.3) is 5.91 Å². The molecule has 3 N–H and O–H groups in total. The number of nitrogens with zero attached hydrogens (tertiary/aromatic N) is 1. The molecule has 0 radical (unpaired) electrons. The number of rotatable bonds is 5. The Kier molecular flexibility index (Phi) is 7.02. The molecule has 0 bridgehead atoms. The molecule has 1 heterocycles. The van der Waals surface area contributed by atoms with Gasteiger partial charge in [-0.25, -0.2) is 12.8 Å². The molecule has 0 unspecified atom stereocenters. The molecule has 148 valence electrons. The number of hydrogen-bond donors (Lipinski definition) is 2. The van der Waals surface area contributed by atoms with Crippen molar-refractivity contribution in [2.24, 2.45) is 11.7 Å². The van der Waals surface area contributed by atoms with E-state index in [1.165, 1.54) is 24.3 Å². The van der Waals surface area contributed by atoms with E-state index in [2.05, 4.69) is 0 Å². The van der Waals surface area contributed by atoms with Gasteiger partial charge in [-0.15, -0.1) is 0 Å². The second-order valence-corrected chi connectivity index (χ2v) is 7.77. The second kappa shape index (κ2) is 9.25. The number of carbonyl (C=O) groups excluding carboxylic acids is 1. The van der Waals surface area contributed by atoms with E-state index in [9.17, 15) is 22.4 Å². The van der Waals surface area contributed by atoms with Crippen LogP contribution >= 0.6 is 0 Å². The zero-order valence-electron chi connectivity index (χ0n) is 14.7. The maximum atomic E-state index is 12.5. The normalized spacial score (nSPS) is 14.8. The molecule has 3 rings (SSSR count). The number of carboxylic acid groups (broad SMARTS) is 1. The van der Waals surface area contributed by atoms with Crippen molar-refractivity contribution in [1.82, 2.24) is 4.31 Å². The number of amides is 1. The van der Waals surface area contributed by atoms with Crippen molar-refractivity contribution in [1.29, 1.82) is 0 Å². The number of nitrogens with two attached hydrogens (primary N) is 1. The van der Waals surface area contributed by atoms with Crippen LogP contribution in [0.5, 0.6) is 0 Å². The Labute approximate surface area is 161 Å². The van der Waals surface area contributed by atoms with Gasteiger partial charge in [-0.05, 0) is 23.8 Å². The van der Waals surface area contributed by atoms with Crippen LogP contribution in [0.3, 0.4) is 0 Å². The van der Waals surface area contributed by atoms with Crippen LogP contribution in [0.15, 0.2) is 60.0 Å². The van der Waals surface area contributed by atoms with Gasteiger partial charge < -0.3 is 10.8 Å². The number of benzene rings is 2. The Balaban J connectivity index is 0.000000237. The van der Waals surface area contributed by atoms with E-state index in [0.717, 1.165) is 15.3 Å². The zero-order chi connectivity index (χ0) is 20.7. The summed E-state index contributed by atoms with van der Waals surface area (Å²) in [5.74, 6) is -2.84. The molecule has 9 heteroatoms. The van der Waals surface area contributed by atoms with Gasteiger partial charge in [0.05, 0.1) is 11.5 Å². The van der Waals surface area contributed by atoms with Crippen molar-refractivity contribution in [3.8, 4) is 0 Å². The highest BCUT2D eigenvalue weighted by atomic mass is 32.2. The second-order valence-electron chi connectivity index (χ2n) is 5.95. The average molecular weight is 406 g/mol. The summed E-state index contributed by atoms with van der Waals surface area (Å²) in [6.07, 6.45) is 1.50. The predicted molar refractivity (Wildman–Crippen MR) is 102 cm³/mol. The van der Waals surface area contributed by atoms with Crippen molar-refractivity contribution in [3.05, 3.63) is 76.9 Å². The van der Waals surface area contributed by atoms with E-state index in [-0.39, 0.29) is 18.7 Å². The van der Waals surface area contributed by atoms with Gasteiger partial charge in [-0.2, -0.15) is 4.31 Å². The van der Waals surface area contributed by atoms with E-state index < -0.39 is 33.6 Å². The lowest BCUT2D eigenvalue weighted by atomic mass is 10.0. The van der Waals surface area contributed by atoms with Crippen LogP contribution in [0, 0.1) is 11.7 Å². The van der Waals surface area contributed by atoms with E-state index >= 15 is 0 Å². The molecule has 0 aliphatic carbocycles. The number of halogens is 1. The summed E-state index contributed by atoms with van der Waals surface area (Å²) in [5, 5.41) is 9.80. The first-order valence-electron chi connectivity index (χ1n) is 8.21. The molecule has 0 aromatic heterocycles. The molecule has 1 fully saturated rings. The summed E-state index contributed by atoms with van der Waals surface area (Å²) in [6.45, 7) is 0.105. The maximum Gasteiger partial charge on any atom is 0.309 e. The summed E-state index contributed by atoms with van der Waals surface area (Å²) in [4.78, 5) is 21.0. The lowest BCUT2D eigenvalue weighted by Crippen LogP contribution is -2.52. The molecule has 1 aliphatic heterocycles. The molecule has 2 aromatic carbocycles. The minimum atomic E-state index is -3.50. The molecular formula is C19H19FN2O5S. The molecule has 1 amide bonds. The highest BCUT2D eigenvalue weighted by molar-refractivity contribution is 7.92. The van der Waals surface area contributed by atoms with Crippen molar-refractivity contribution >= 4 is 28.0 Å². The summed E-state index contributed by atoms with van der Waals surface area (Å²) in [7, 11) is -3.50. The Hall–Kier alpha value is -3.04. The van der Waals surface area contributed by atoms with Gasteiger partial charge in [0, 0.05) is 18.5 Å². The topological polar surface area (TPSA) is 118 Å². The zero-order valence-corrected chi connectivity index (χ0v) is 15.5. The smallest absolute Gasteiger partial charge is 0.309 e. The van der Waals surface area contributed by atoms with E-state index in [1.807, 2.05) is 18.2 Å². The van der Waals surface area contributed by atoms with Crippen LogP contribution in [0.25, 0.3) is 6.08 Å². The average Bonchev–Trinajstić information content (AvgIpc) is 2.60. The summed E-state index contributed by atoms with van der Waals surface area (Å²) in [5.41, 5.74) is 5.56. The van der Waals surface area contributed by atoms with Crippen LogP contribution in [-0.2, 0) is 14.8 Å². The Morgan fingerprint density at radius 1 is 1.07 bits per heavy atom. The van der Waals surface area contributed by atoms with Crippen molar-refractivity contribution in [2.75, 3.05) is 13.1 Å². The number of primary amides is 1. The van der Waals surface area contributed by atoms with Crippen LogP contribution < -0.4 is 5.73 Å². The van der Waals surface area contributed by atoms with Crippen molar-refractivity contribution in [3.63, 3.8) is 0 Å². The third kappa shape index (κ3) is 5.73. The number of carboxylic acids is 1. The maximum absolute atomic E-state index is 12.5. The number of sulfonamides is 1. The molecule has 28 heavy (non-hydrogen) atoms. The summed E-state index contributed by atoms with van der Waals surface area (Å²) < 4.78 is 37.3. The molecule has 1 saturated heterocycles. The first kappa shape index (κ1) is 21.3. The standard InChI is InChI=1S/C12H13NO4S.C7H6FNO/c14-12(15)11-8-13(9-11)18(16,17)7-6-10-4-2-1-3-5-10;8-6-4-2-1-3-5(6)7(9)10/h1-7,11H,8-9H2,(H,14,15);1-4H,(H2,9,10). The molecule has 1 aliphatic rings. The number of hydrogen-bond acceptors (Lipinski definition) is 4. The van der Waals surface area contributed by atoms with E-state index in [4.69, 9.17) is 10.8 Å². The van der Waals surface area contributed by atoms with Crippen LogP contribution in [0.1, 0.15) is 15.9 Å². The summed E-state index contributed by atoms with van der Waals surface area (Å²) >= 11 is 0. The molecular weight excluding hydrogens is 387 g/mol. The predicted octanol–water partition coefficient (Wildman–Crippen LogP) is 1.93. The Morgan fingerprint density at radius 3 is 2.14 bits per heavy atom. The molecule has 7 nitrogen and oxygen atoms in total. The molecule has 0 atom stereocenters. The number of aliphatic carboxylic acids is 1. The van der Waals surface area contributed by atoms with E-state index in [1.54, 1.807) is 18.2 Å². The third-order valence-electron chi connectivity index (χ3n) is 3.93. The third-order valence-corrected chi connectivity index (χ3v) is 5.43. The lowest BCUT2D eigenvalue weighted by Gasteiger charge is -2.34. The first-order valence-corrected chi connectivity index (χ1v) is 9.71. The largest absolute Gasteiger partial charge is 0.481 e. The fraction of sp³-hybridized carbons (Fsp3) is 0.158. The highest BCUT2D eigenvalue weighted by Crippen LogP contribution is 2.21. The van der Waals surface area contributed by atoms with Crippen LogP contribution in [-0.4, -0.2) is 42.8 Å². The van der Waals surface area contributed by atoms with Gasteiger partial charge in [0.15, 0.2) is 0 Å². The van der Waals surface area contributed by atoms with Crippen molar-refractivity contribution < 1.29 is 27.5 Å². The number of carbonyl (C=O) groups is 2. The fourth-order valence-corrected chi connectivity index (χ4v) is 3.55. The van der Waals surface area contributed by atoms with E-state index in [0.29, 0.717) is 0 Å². The van der Waals surface area contributed by atoms with Gasteiger partial charge in [0.1, 0.15) is 5.82 Å².